The van der Waals surface area contributed by atoms with E-state index in [0.29, 0.717) is 19.4 Å². The Hall–Kier alpha value is -4.86. The number of nitrogens with zero attached hydrogens (tertiary/aromatic N) is 2. The summed E-state index contributed by atoms with van der Waals surface area (Å²) in [5.41, 5.74) is 10.8. The van der Waals surface area contributed by atoms with Gasteiger partial charge in [-0.15, -0.1) is 11.3 Å². The molecule has 0 aliphatic carbocycles. The van der Waals surface area contributed by atoms with Crippen molar-refractivity contribution >= 4 is 41.1 Å². The first-order valence-electron chi connectivity index (χ1n) is 20.7. The number of aryl methyl sites for hydroxylation is 2. The van der Waals surface area contributed by atoms with Gasteiger partial charge in [-0.1, -0.05) is 69.3 Å². The molecular formula is C45H64N6O8S. The van der Waals surface area contributed by atoms with Crippen molar-refractivity contribution < 1.29 is 38.6 Å². The highest BCUT2D eigenvalue weighted by molar-refractivity contribution is 7.13. The van der Waals surface area contributed by atoms with Crippen molar-refractivity contribution in [3.8, 4) is 10.4 Å². The van der Waals surface area contributed by atoms with Crippen LogP contribution >= 0.6 is 11.3 Å². The van der Waals surface area contributed by atoms with Crippen LogP contribution in [0.1, 0.15) is 109 Å². The van der Waals surface area contributed by atoms with Gasteiger partial charge in [0.05, 0.1) is 40.9 Å². The molecule has 0 saturated carbocycles. The first kappa shape index (κ1) is 47.8. The lowest BCUT2D eigenvalue weighted by molar-refractivity contribution is -0.144. The van der Waals surface area contributed by atoms with Crippen molar-refractivity contribution in [1.29, 1.82) is 0 Å². The highest BCUT2D eigenvalue weighted by Crippen LogP contribution is 2.28. The summed E-state index contributed by atoms with van der Waals surface area (Å²) < 4.78 is 11.4. The molecule has 0 bridgehead atoms. The van der Waals surface area contributed by atoms with Gasteiger partial charge >= 0.3 is 6.09 Å². The number of ether oxygens (including phenoxy) is 2. The SMILES string of the molecule is Cc1ncsc1-c1ccc(CNC(=O)[C@@H]2C[C@H](O)CN2C(=O)[C@@H](NC(=O)CCCCc2ccc(CO[C@H](C)[C@H](CCC(N)=O)NC(=O)OC(C)(C)C)cc2)C(C)(C)C)cc1. The summed E-state index contributed by atoms with van der Waals surface area (Å²) >= 11 is 1.57. The van der Waals surface area contributed by atoms with Crippen molar-refractivity contribution in [1.82, 2.24) is 25.8 Å². The average molecular weight is 849 g/mol. The quantitative estimate of drug-likeness (QED) is 0.0938. The molecule has 2 aromatic carbocycles. The van der Waals surface area contributed by atoms with Gasteiger partial charge in [-0.3, -0.25) is 19.2 Å². The number of hydrogen-bond donors (Lipinski definition) is 5. The van der Waals surface area contributed by atoms with Crippen molar-refractivity contribution in [3.63, 3.8) is 0 Å². The third kappa shape index (κ3) is 15.0. The topological polar surface area (TPSA) is 202 Å². The van der Waals surface area contributed by atoms with Gasteiger partial charge in [0.15, 0.2) is 0 Å². The Morgan fingerprint density at radius 3 is 2.18 bits per heavy atom. The largest absolute Gasteiger partial charge is 0.444 e. The molecule has 5 atom stereocenters. The Morgan fingerprint density at radius 1 is 0.933 bits per heavy atom. The average Bonchev–Trinajstić information content (AvgIpc) is 3.79. The minimum Gasteiger partial charge on any atom is -0.444 e. The van der Waals surface area contributed by atoms with Crippen LogP contribution in [0.2, 0.25) is 0 Å². The summed E-state index contributed by atoms with van der Waals surface area (Å²) in [6.07, 6.45) is 0.995. The number of amides is 5. The van der Waals surface area contributed by atoms with Crippen LogP contribution in [0.3, 0.4) is 0 Å². The van der Waals surface area contributed by atoms with Gasteiger partial charge in [0.25, 0.3) is 0 Å². The number of aliphatic hydroxyl groups excluding tert-OH is 1. The molecule has 1 aliphatic rings. The van der Waals surface area contributed by atoms with Gasteiger partial charge in [0, 0.05) is 32.4 Å². The van der Waals surface area contributed by atoms with Crippen LogP contribution < -0.4 is 21.7 Å². The molecular weight excluding hydrogens is 785 g/mol. The second-order valence-electron chi connectivity index (χ2n) is 17.7. The molecule has 0 radical (unpaired) electrons. The van der Waals surface area contributed by atoms with Crippen molar-refractivity contribution in [3.05, 3.63) is 76.4 Å². The normalized spacial score (nSPS) is 17.1. The van der Waals surface area contributed by atoms with Gasteiger partial charge in [-0.25, -0.2) is 9.78 Å². The standard InChI is InChI=1S/C45H64N6O8S/c1-28-39(60-27-48-28)33-19-17-31(18-20-33)24-47-41(55)36-23-34(52)25-51(36)42(56)40(44(3,4)5)50-38(54)12-10-9-11-30-13-15-32(16-14-30)26-58-29(2)35(21-22-37(46)53)49-43(57)59-45(6,7)8/h13-20,27,29,34-36,40,52H,9-12,21-26H2,1-8H3,(H2,46,53)(H,47,55)(H,49,57)(H,50,54)/t29-,34+,35+,36+,40-/m1/s1. The molecule has 1 saturated heterocycles. The molecule has 15 heteroatoms. The number of β-amino-alcohol motifs (C(OH)–C–C–N with tert-alkyl or cyclic N) is 1. The fourth-order valence-electron chi connectivity index (χ4n) is 6.96. The van der Waals surface area contributed by atoms with E-state index in [1.807, 2.05) is 88.7 Å². The maximum absolute atomic E-state index is 14.0. The minimum atomic E-state index is -0.891. The zero-order valence-electron chi connectivity index (χ0n) is 36.3. The summed E-state index contributed by atoms with van der Waals surface area (Å²) in [5.74, 6) is -1.46. The number of aliphatic hydroxyl groups is 1. The molecule has 60 heavy (non-hydrogen) atoms. The molecule has 4 rings (SSSR count). The number of rotatable bonds is 19. The Balaban J connectivity index is 1.23. The molecule has 0 unspecified atom stereocenters. The van der Waals surface area contributed by atoms with Gasteiger partial charge < -0.3 is 41.2 Å². The number of unbranched alkanes of at least 4 members (excludes halogenated alkanes) is 1. The monoisotopic (exact) mass is 848 g/mol. The number of nitrogens with two attached hydrogens (primary N) is 1. The van der Waals surface area contributed by atoms with Gasteiger partial charge in [0.1, 0.15) is 17.7 Å². The Morgan fingerprint density at radius 2 is 1.58 bits per heavy atom. The molecule has 0 spiro atoms. The van der Waals surface area contributed by atoms with Gasteiger partial charge in [0.2, 0.25) is 23.6 Å². The lowest BCUT2D eigenvalue weighted by Crippen LogP contribution is -2.57. The van der Waals surface area contributed by atoms with E-state index in [0.717, 1.165) is 45.7 Å². The fourth-order valence-corrected chi connectivity index (χ4v) is 7.77. The summed E-state index contributed by atoms with van der Waals surface area (Å²) in [5, 5.41) is 19.3. The number of carbonyl (C=O) groups excluding carboxylic acids is 5. The zero-order valence-corrected chi connectivity index (χ0v) is 37.2. The lowest BCUT2D eigenvalue weighted by atomic mass is 9.85. The van der Waals surface area contributed by atoms with Crippen LogP contribution in [0.15, 0.2) is 54.0 Å². The van der Waals surface area contributed by atoms with E-state index in [1.54, 1.807) is 32.1 Å². The van der Waals surface area contributed by atoms with Crippen molar-refractivity contribution in [2.45, 2.75) is 149 Å². The van der Waals surface area contributed by atoms with Crippen LogP contribution in [0.5, 0.6) is 0 Å². The molecule has 2 heterocycles. The third-order valence-electron chi connectivity index (χ3n) is 10.3. The number of nitrogens with one attached hydrogen (secondary N) is 3. The smallest absolute Gasteiger partial charge is 0.407 e. The molecule has 6 N–H and O–H groups in total. The Kier molecular flexibility index (Phi) is 17.2. The number of aromatic nitrogens is 1. The molecule has 5 amide bonds. The molecule has 328 valence electrons. The van der Waals surface area contributed by atoms with Crippen LogP contribution in [-0.2, 0) is 48.2 Å². The van der Waals surface area contributed by atoms with E-state index in [4.69, 9.17) is 15.2 Å². The van der Waals surface area contributed by atoms with Crippen molar-refractivity contribution in [2.75, 3.05) is 6.54 Å². The molecule has 1 aliphatic heterocycles. The molecule has 1 aromatic heterocycles. The highest BCUT2D eigenvalue weighted by atomic mass is 32.1. The van der Waals surface area contributed by atoms with Gasteiger partial charge in [-0.2, -0.15) is 0 Å². The van der Waals surface area contributed by atoms with Crippen LogP contribution in [-0.4, -0.2) is 87.2 Å². The maximum atomic E-state index is 14.0. The first-order chi connectivity index (χ1) is 28.2. The second kappa shape index (κ2) is 21.6. The summed E-state index contributed by atoms with van der Waals surface area (Å²) in [7, 11) is 0. The number of primary amides is 1. The second-order valence-corrected chi connectivity index (χ2v) is 18.6. The summed E-state index contributed by atoms with van der Waals surface area (Å²) in [6, 6.07) is 13.6. The molecule has 14 nitrogen and oxygen atoms in total. The van der Waals surface area contributed by atoms with E-state index in [2.05, 4.69) is 20.9 Å². The lowest BCUT2D eigenvalue weighted by Gasteiger charge is -2.35. The molecule has 1 fully saturated rings. The maximum Gasteiger partial charge on any atom is 0.407 e. The fraction of sp³-hybridized carbons (Fsp3) is 0.556. The number of thiazole rings is 1. The van der Waals surface area contributed by atoms with Crippen LogP contribution in [0.4, 0.5) is 4.79 Å². The number of hydrogen-bond acceptors (Lipinski definition) is 10. The van der Waals surface area contributed by atoms with Crippen LogP contribution in [0, 0.1) is 12.3 Å². The van der Waals surface area contributed by atoms with E-state index >= 15 is 0 Å². The number of alkyl carbamates (subject to hydrolysis) is 1. The van der Waals surface area contributed by atoms with Gasteiger partial charge in [-0.05, 0) is 88.0 Å². The predicted molar refractivity (Wildman–Crippen MR) is 231 cm³/mol. The number of benzene rings is 2. The Labute approximate surface area is 358 Å². The first-order valence-corrected chi connectivity index (χ1v) is 21.6. The van der Waals surface area contributed by atoms with E-state index in [1.165, 1.54) is 4.90 Å². The minimum absolute atomic E-state index is 0.00892. The van der Waals surface area contributed by atoms with Crippen molar-refractivity contribution in [2.24, 2.45) is 11.1 Å². The van der Waals surface area contributed by atoms with Crippen LogP contribution in [0.25, 0.3) is 10.4 Å². The number of likely N-dealkylation sites (tertiary alicyclic amines) is 1. The molecule has 3 aromatic rings. The van der Waals surface area contributed by atoms with E-state index < -0.39 is 59.3 Å². The number of carbonyl (C=O) groups is 5. The van der Waals surface area contributed by atoms with E-state index in [9.17, 15) is 29.1 Å². The predicted octanol–water partition coefficient (Wildman–Crippen LogP) is 5.70. The zero-order chi connectivity index (χ0) is 44.2. The summed E-state index contributed by atoms with van der Waals surface area (Å²) in [4.78, 5) is 71.3. The Bertz CT molecular complexity index is 1900. The highest BCUT2D eigenvalue weighted by Gasteiger charge is 2.44. The third-order valence-corrected chi connectivity index (χ3v) is 11.3. The van der Waals surface area contributed by atoms with E-state index in [-0.39, 0.29) is 44.2 Å². The summed E-state index contributed by atoms with van der Waals surface area (Å²) in [6.45, 7) is 15.3.